The predicted molar refractivity (Wildman–Crippen MR) is 86.3 cm³/mol. The first-order chi connectivity index (χ1) is 9.36. The van der Waals surface area contributed by atoms with Gasteiger partial charge in [0.05, 0.1) is 18.5 Å². The molecule has 0 aliphatic heterocycles. The Labute approximate surface area is 128 Å². The predicted octanol–water partition coefficient (Wildman–Crippen LogP) is 3.72. The molecule has 106 valence electrons. The highest BCUT2D eigenvalue weighted by molar-refractivity contribution is 9.10. The smallest absolute Gasteiger partial charge is 0.232 e. The summed E-state index contributed by atoms with van der Waals surface area (Å²) in [5.41, 5.74) is 2.67. The summed E-state index contributed by atoms with van der Waals surface area (Å²) >= 11 is 3.37. The lowest BCUT2D eigenvalue weighted by Gasteiger charge is -2.23. The summed E-state index contributed by atoms with van der Waals surface area (Å²) < 4.78 is 26.5. The van der Waals surface area contributed by atoms with Crippen LogP contribution in [0.4, 0.5) is 5.69 Å². The van der Waals surface area contributed by atoms with E-state index in [1.807, 2.05) is 55.5 Å². The van der Waals surface area contributed by atoms with Gasteiger partial charge in [0.25, 0.3) is 0 Å². The molecule has 0 aliphatic carbocycles. The Morgan fingerprint density at radius 2 is 1.75 bits per heavy atom. The Kier molecular flexibility index (Phi) is 4.50. The summed E-state index contributed by atoms with van der Waals surface area (Å²) in [4.78, 5) is 0. The molecule has 0 saturated heterocycles. The van der Waals surface area contributed by atoms with Gasteiger partial charge in [0.2, 0.25) is 10.0 Å². The van der Waals surface area contributed by atoms with Gasteiger partial charge in [0, 0.05) is 4.47 Å². The second kappa shape index (κ2) is 5.97. The molecule has 0 aliphatic rings. The summed E-state index contributed by atoms with van der Waals surface area (Å²) in [6, 6.07) is 15.1. The van der Waals surface area contributed by atoms with E-state index in [-0.39, 0.29) is 0 Å². The van der Waals surface area contributed by atoms with Crippen LogP contribution < -0.4 is 4.31 Å². The third-order valence-electron chi connectivity index (χ3n) is 2.93. The van der Waals surface area contributed by atoms with E-state index in [0.29, 0.717) is 12.2 Å². The van der Waals surface area contributed by atoms with Gasteiger partial charge in [-0.2, -0.15) is 0 Å². The number of anilines is 1. The number of halogens is 1. The van der Waals surface area contributed by atoms with Crippen molar-refractivity contribution in [3.8, 4) is 0 Å². The maximum absolute atomic E-state index is 12.0. The SMILES string of the molecule is Cc1cccc(N(Cc2ccc(Br)cc2)S(C)(=O)=O)c1. The minimum Gasteiger partial charge on any atom is -0.266 e. The molecule has 0 spiro atoms. The van der Waals surface area contributed by atoms with Gasteiger partial charge in [-0.3, -0.25) is 4.31 Å². The van der Waals surface area contributed by atoms with Gasteiger partial charge in [-0.05, 0) is 42.3 Å². The van der Waals surface area contributed by atoms with Crippen molar-refractivity contribution in [3.05, 3.63) is 64.1 Å². The van der Waals surface area contributed by atoms with Crippen LogP contribution in [0.15, 0.2) is 53.0 Å². The first kappa shape index (κ1) is 15.1. The zero-order chi connectivity index (χ0) is 14.8. The Balaban J connectivity index is 2.37. The largest absolute Gasteiger partial charge is 0.266 e. The molecule has 0 aromatic heterocycles. The first-order valence-electron chi connectivity index (χ1n) is 6.15. The van der Waals surface area contributed by atoms with Crippen LogP contribution in [0.1, 0.15) is 11.1 Å². The Morgan fingerprint density at radius 3 is 2.30 bits per heavy atom. The molecule has 0 amide bonds. The fourth-order valence-electron chi connectivity index (χ4n) is 1.94. The minimum absolute atomic E-state index is 0.329. The minimum atomic E-state index is -3.32. The van der Waals surface area contributed by atoms with Crippen molar-refractivity contribution < 1.29 is 8.42 Å². The topological polar surface area (TPSA) is 37.4 Å². The Bertz CT molecular complexity index is 696. The number of aryl methyl sites for hydroxylation is 1. The molecule has 2 aromatic carbocycles. The number of nitrogens with zero attached hydrogens (tertiary/aromatic N) is 1. The number of rotatable bonds is 4. The molecule has 0 fully saturated rings. The zero-order valence-corrected chi connectivity index (χ0v) is 13.8. The molecule has 5 heteroatoms. The fraction of sp³-hybridized carbons (Fsp3) is 0.200. The van der Waals surface area contributed by atoms with E-state index in [1.165, 1.54) is 10.6 Å². The monoisotopic (exact) mass is 353 g/mol. The van der Waals surface area contributed by atoms with Crippen LogP contribution in [0, 0.1) is 6.92 Å². The van der Waals surface area contributed by atoms with Crippen molar-refractivity contribution in [1.29, 1.82) is 0 Å². The lowest BCUT2D eigenvalue weighted by Crippen LogP contribution is -2.29. The van der Waals surface area contributed by atoms with Crippen LogP contribution in [-0.4, -0.2) is 14.7 Å². The Hall–Kier alpha value is -1.33. The number of benzene rings is 2. The average molecular weight is 354 g/mol. The molecule has 0 heterocycles. The number of hydrogen-bond donors (Lipinski definition) is 0. The lowest BCUT2D eigenvalue weighted by atomic mass is 10.2. The van der Waals surface area contributed by atoms with E-state index in [9.17, 15) is 8.42 Å². The van der Waals surface area contributed by atoms with Crippen molar-refractivity contribution in [2.75, 3.05) is 10.6 Å². The van der Waals surface area contributed by atoms with Crippen molar-refractivity contribution in [2.45, 2.75) is 13.5 Å². The van der Waals surface area contributed by atoms with Gasteiger partial charge >= 0.3 is 0 Å². The maximum atomic E-state index is 12.0. The van der Waals surface area contributed by atoms with Crippen LogP contribution in [-0.2, 0) is 16.6 Å². The summed E-state index contributed by atoms with van der Waals surface area (Å²) in [6.45, 7) is 2.28. The Morgan fingerprint density at radius 1 is 1.10 bits per heavy atom. The molecular formula is C15H16BrNO2S. The lowest BCUT2D eigenvalue weighted by molar-refractivity contribution is 0.596. The van der Waals surface area contributed by atoms with Crippen LogP contribution >= 0.6 is 15.9 Å². The van der Waals surface area contributed by atoms with Gasteiger partial charge in [0.15, 0.2) is 0 Å². The molecule has 20 heavy (non-hydrogen) atoms. The van der Waals surface area contributed by atoms with E-state index in [1.54, 1.807) is 0 Å². The van der Waals surface area contributed by atoms with Crippen LogP contribution in [0.2, 0.25) is 0 Å². The fourth-order valence-corrected chi connectivity index (χ4v) is 3.08. The first-order valence-corrected chi connectivity index (χ1v) is 8.79. The van der Waals surface area contributed by atoms with Crippen molar-refractivity contribution in [1.82, 2.24) is 0 Å². The molecule has 0 unspecified atom stereocenters. The van der Waals surface area contributed by atoms with Gasteiger partial charge in [-0.15, -0.1) is 0 Å². The van der Waals surface area contributed by atoms with Gasteiger partial charge in [-0.25, -0.2) is 8.42 Å². The zero-order valence-electron chi connectivity index (χ0n) is 11.4. The highest BCUT2D eigenvalue weighted by Gasteiger charge is 2.17. The second-order valence-corrected chi connectivity index (χ2v) is 7.56. The van der Waals surface area contributed by atoms with E-state index in [4.69, 9.17) is 0 Å². The highest BCUT2D eigenvalue weighted by Crippen LogP contribution is 2.22. The van der Waals surface area contributed by atoms with E-state index >= 15 is 0 Å². The molecular weight excluding hydrogens is 338 g/mol. The molecule has 2 aromatic rings. The second-order valence-electron chi connectivity index (χ2n) is 4.74. The quantitative estimate of drug-likeness (QED) is 0.839. The van der Waals surface area contributed by atoms with E-state index in [0.717, 1.165) is 15.6 Å². The van der Waals surface area contributed by atoms with Crippen molar-refractivity contribution in [2.24, 2.45) is 0 Å². The van der Waals surface area contributed by atoms with Gasteiger partial charge in [0.1, 0.15) is 0 Å². The highest BCUT2D eigenvalue weighted by atomic mass is 79.9. The summed E-state index contributed by atoms with van der Waals surface area (Å²) in [5, 5.41) is 0. The average Bonchev–Trinajstić information content (AvgIpc) is 2.36. The maximum Gasteiger partial charge on any atom is 0.232 e. The third-order valence-corrected chi connectivity index (χ3v) is 4.60. The molecule has 3 nitrogen and oxygen atoms in total. The summed E-state index contributed by atoms with van der Waals surface area (Å²) in [7, 11) is -3.32. The molecule has 0 saturated carbocycles. The van der Waals surface area contributed by atoms with Crippen LogP contribution in [0.25, 0.3) is 0 Å². The van der Waals surface area contributed by atoms with Crippen LogP contribution in [0.5, 0.6) is 0 Å². The summed E-state index contributed by atoms with van der Waals surface area (Å²) in [5.74, 6) is 0. The standard InChI is InChI=1S/C15H16BrNO2S/c1-12-4-3-5-15(10-12)17(20(2,18)19)11-13-6-8-14(16)9-7-13/h3-10H,11H2,1-2H3. The van der Waals surface area contributed by atoms with Gasteiger partial charge < -0.3 is 0 Å². The molecule has 0 radical (unpaired) electrons. The van der Waals surface area contributed by atoms with Crippen molar-refractivity contribution in [3.63, 3.8) is 0 Å². The van der Waals surface area contributed by atoms with Gasteiger partial charge in [-0.1, -0.05) is 40.2 Å². The van der Waals surface area contributed by atoms with Crippen LogP contribution in [0.3, 0.4) is 0 Å². The summed E-state index contributed by atoms with van der Waals surface area (Å²) in [6.07, 6.45) is 1.23. The normalized spacial score (nSPS) is 11.3. The molecule has 0 N–H and O–H groups in total. The van der Waals surface area contributed by atoms with E-state index < -0.39 is 10.0 Å². The molecule has 0 bridgehead atoms. The number of hydrogen-bond acceptors (Lipinski definition) is 2. The number of sulfonamides is 1. The molecule has 2 rings (SSSR count). The molecule has 0 atom stereocenters. The third kappa shape index (κ3) is 3.84. The van der Waals surface area contributed by atoms with E-state index in [2.05, 4.69) is 15.9 Å². The van der Waals surface area contributed by atoms with Crippen molar-refractivity contribution >= 4 is 31.6 Å².